The van der Waals surface area contributed by atoms with Crippen LogP contribution in [0, 0.1) is 5.92 Å². The van der Waals surface area contributed by atoms with Crippen molar-refractivity contribution in [3.63, 3.8) is 0 Å². The molecule has 1 aliphatic rings. The molecule has 1 N–H and O–H groups in total. The molecule has 0 radical (unpaired) electrons. The molecule has 0 spiro atoms. The van der Waals surface area contributed by atoms with Gasteiger partial charge in [0.25, 0.3) is 0 Å². The summed E-state index contributed by atoms with van der Waals surface area (Å²) in [6.45, 7) is 7.87. The quantitative estimate of drug-likeness (QED) is 0.795. The Morgan fingerprint density at radius 3 is 2.21 bits per heavy atom. The monoisotopic (exact) mass is 259 g/mol. The van der Waals surface area contributed by atoms with Gasteiger partial charge in [-0.1, -0.05) is 57.4 Å². The van der Waals surface area contributed by atoms with Gasteiger partial charge < -0.3 is 5.32 Å². The molecule has 106 valence electrons. The summed E-state index contributed by atoms with van der Waals surface area (Å²) in [6, 6.07) is 9.75. The predicted molar refractivity (Wildman–Crippen MR) is 83.4 cm³/mol. The van der Waals surface area contributed by atoms with E-state index in [2.05, 4.69) is 50.4 Å². The maximum atomic E-state index is 3.72. The highest BCUT2D eigenvalue weighted by Gasteiger charge is 2.19. The van der Waals surface area contributed by atoms with Gasteiger partial charge in [-0.3, -0.25) is 0 Å². The highest BCUT2D eigenvalue weighted by Crippen LogP contribution is 2.26. The lowest BCUT2D eigenvalue weighted by atomic mass is 9.84. The van der Waals surface area contributed by atoms with E-state index in [9.17, 15) is 0 Å². The van der Waals surface area contributed by atoms with Crippen molar-refractivity contribution >= 4 is 0 Å². The van der Waals surface area contributed by atoms with Gasteiger partial charge in [0.2, 0.25) is 0 Å². The lowest BCUT2D eigenvalue weighted by Crippen LogP contribution is -2.34. The Labute approximate surface area is 118 Å². The SMILES string of the molecule is CC(C)c1ccc(CNC(C)C2CCCCC2)cc1. The third kappa shape index (κ3) is 4.35. The maximum absolute atomic E-state index is 3.72. The second-order valence-electron chi connectivity index (χ2n) is 6.46. The molecule has 0 bridgehead atoms. The second-order valence-corrected chi connectivity index (χ2v) is 6.46. The molecular weight excluding hydrogens is 230 g/mol. The molecule has 1 fully saturated rings. The van der Waals surface area contributed by atoms with E-state index in [4.69, 9.17) is 0 Å². The van der Waals surface area contributed by atoms with Crippen LogP contribution in [0.5, 0.6) is 0 Å². The van der Waals surface area contributed by atoms with Crippen molar-refractivity contribution < 1.29 is 0 Å². The molecule has 0 amide bonds. The third-order valence-electron chi connectivity index (χ3n) is 4.63. The minimum Gasteiger partial charge on any atom is -0.310 e. The third-order valence-corrected chi connectivity index (χ3v) is 4.63. The zero-order valence-electron chi connectivity index (χ0n) is 12.8. The summed E-state index contributed by atoms with van der Waals surface area (Å²) >= 11 is 0. The van der Waals surface area contributed by atoms with Gasteiger partial charge in [0.15, 0.2) is 0 Å². The van der Waals surface area contributed by atoms with Crippen molar-refractivity contribution in [3.8, 4) is 0 Å². The maximum Gasteiger partial charge on any atom is 0.0208 e. The minimum atomic E-state index is 0.628. The molecule has 1 aliphatic carbocycles. The van der Waals surface area contributed by atoms with Crippen molar-refractivity contribution in [3.05, 3.63) is 35.4 Å². The molecule has 1 aromatic rings. The fraction of sp³-hybridized carbons (Fsp3) is 0.667. The highest BCUT2D eigenvalue weighted by atomic mass is 14.9. The summed E-state index contributed by atoms with van der Waals surface area (Å²) in [5, 5.41) is 3.72. The fourth-order valence-electron chi connectivity index (χ4n) is 3.10. The van der Waals surface area contributed by atoms with E-state index in [0.717, 1.165) is 12.5 Å². The van der Waals surface area contributed by atoms with Gasteiger partial charge in [-0.2, -0.15) is 0 Å². The molecule has 0 aliphatic heterocycles. The summed E-state index contributed by atoms with van der Waals surface area (Å²) in [7, 11) is 0. The van der Waals surface area contributed by atoms with Gasteiger partial charge in [-0.15, -0.1) is 0 Å². The first-order chi connectivity index (χ1) is 9.16. The zero-order chi connectivity index (χ0) is 13.7. The zero-order valence-corrected chi connectivity index (χ0v) is 12.8. The van der Waals surface area contributed by atoms with Crippen molar-refractivity contribution in [2.24, 2.45) is 5.92 Å². The molecule has 1 unspecified atom stereocenters. The smallest absolute Gasteiger partial charge is 0.0208 e. The van der Waals surface area contributed by atoms with Crippen LogP contribution < -0.4 is 5.32 Å². The van der Waals surface area contributed by atoms with Crippen LogP contribution in [0.25, 0.3) is 0 Å². The van der Waals surface area contributed by atoms with E-state index in [1.807, 2.05) is 0 Å². The van der Waals surface area contributed by atoms with Gasteiger partial charge in [0.05, 0.1) is 0 Å². The minimum absolute atomic E-state index is 0.628. The molecule has 1 atom stereocenters. The fourth-order valence-corrected chi connectivity index (χ4v) is 3.10. The van der Waals surface area contributed by atoms with Crippen LogP contribution in [-0.2, 0) is 6.54 Å². The van der Waals surface area contributed by atoms with Crippen molar-refractivity contribution in [1.82, 2.24) is 5.32 Å². The van der Waals surface area contributed by atoms with E-state index >= 15 is 0 Å². The molecule has 19 heavy (non-hydrogen) atoms. The topological polar surface area (TPSA) is 12.0 Å². The van der Waals surface area contributed by atoms with Crippen LogP contribution in [-0.4, -0.2) is 6.04 Å². The molecule has 2 rings (SSSR count). The Morgan fingerprint density at radius 1 is 1.00 bits per heavy atom. The normalized spacial score (nSPS) is 18.7. The van der Waals surface area contributed by atoms with Crippen molar-refractivity contribution in [2.45, 2.75) is 71.4 Å². The first-order valence-electron chi connectivity index (χ1n) is 7.99. The van der Waals surface area contributed by atoms with Crippen LogP contribution in [0.15, 0.2) is 24.3 Å². The van der Waals surface area contributed by atoms with E-state index in [0.29, 0.717) is 12.0 Å². The Morgan fingerprint density at radius 2 is 1.63 bits per heavy atom. The number of hydrogen-bond donors (Lipinski definition) is 1. The highest BCUT2D eigenvalue weighted by molar-refractivity contribution is 5.24. The number of nitrogens with one attached hydrogen (secondary N) is 1. The van der Waals surface area contributed by atoms with Gasteiger partial charge in [-0.25, -0.2) is 0 Å². The van der Waals surface area contributed by atoms with Crippen LogP contribution in [0.4, 0.5) is 0 Å². The lowest BCUT2D eigenvalue weighted by Gasteiger charge is -2.28. The molecule has 0 saturated heterocycles. The Bertz CT molecular complexity index is 360. The first kappa shape index (κ1) is 14.6. The number of rotatable bonds is 5. The van der Waals surface area contributed by atoms with Crippen LogP contribution in [0.3, 0.4) is 0 Å². The molecule has 1 saturated carbocycles. The largest absolute Gasteiger partial charge is 0.310 e. The Hall–Kier alpha value is -0.820. The Balaban J connectivity index is 1.80. The average Bonchev–Trinajstić information content (AvgIpc) is 2.46. The molecule has 1 nitrogen and oxygen atoms in total. The first-order valence-corrected chi connectivity index (χ1v) is 7.99. The van der Waals surface area contributed by atoms with Gasteiger partial charge in [-0.05, 0) is 42.7 Å². The Kier molecular flexibility index (Phi) is 5.45. The number of benzene rings is 1. The predicted octanol–water partition coefficient (Wildman–Crippen LogP) is 4.87. The standard InChI is InChI=1S/C18H29N/c1-14(2)17-11-9-16(10-12-17)13-19-15(3)18-7-5-4-6-8-18/h9-12,14-15,18-19H,4-8,13H2,1-3H3. The summed E-state index contributed by atoms with van der Waals surface area (Å²) in [4.78, 5) is 0. The summed E-state index contributed by atoms with van der Waals surface area (Å²) in [5.74, 6) is 1.52. The van der Waals surface area contributed by atoms with Gasteiger partial charge in [0.1, 0.15) is 0 Å². The van der Waals surface area contributed by atoms with Crippen molar-refractivity contribution in [2.75, 3.05) is 0 Å². The van der Waals surface area contributed by atoms with E-state index in [1.54, 1.807) is 0 Å². The molecule has 1 heteroatoms. The average molecular weight is 259 g/mol. The van der Waals surface area contributed by atoms with E-state index in [1.165, 1.54) is 43.2 Å². The van der Waals surface area contributed by atoms with E-state index in [-0.39, 0.29) is 0 Å². The summed E-state index contributed by atoms with van der Waals surface area (Å²) in [6.07, 6.45) is 7.14. The van der Waals surface area contributed by atoms with E-state index < -0.39 is 0 Å². The summed E-state index contributed by atoms with van der Waals surface area (Å²) < 4.78 is 0. The summed E-state index contributed by atoms with van der Waals surface area (Å²) in [5.41, 5.74) is 2.84. The molecular formula is C18H29N. The molecule has 0 aromatic heterocycles. The molecule has 0 heterocycles. The van der Waals surface area contributed by atoms with Crippen LogP contribution in [0.1, 0.15) is 69.9 Å². The van der Waals surface area contributed by atoms with Crippen LogP contribution >= 0.6 is 0 Å². The van der Waals surface area contributed by atoms with Gasteiger partial charge >= 0.3 is 0 Å². The van der Waals surface area contributed by atoms with Crippen molar-refractivity contribution in [1.29, 1.82) is 0 Å². The second kappa shape index (κ2) is 7.09. The van der Waals surface area contributed by atoms with Gasteiger partial charge in [0, 0.05) is 12.6 Å². The lowest BCUT2D eigenvalue weighted by molar-refractivity contribution is 0.280. The molecule has 1 aromatic carbocycles. The van der Waals surface area contributed by atoms with Crippen LogP contribution in [0.2, 0.25) is 0 Å². The number of hydrogen-bond acceptors (Lipinski definition) is 1.